The summed E-state index contributed by atoms with van der Waals surface area (Å²) in [6, 6.07) is 7.19. The third kappa shape index (κ3) is 3.86. The number of benzene rings is 1. The van der Waals surface area contributed by atoms with Crippen molar-refractivity contribution in [1.82, 2.24) is 9.71 Å². The molecule has 2 rings (SSSR count). The fourth-order valence-electron chi connectivity index (χ4n) is 1.89. The Balaban J connectivity index is 2.06. The van der Waals surface area contributed by atoms with Crippen molar-refractivity contribution in [3.05, 3.63) is 59.7 Å². The molecule has 0 amide bonds. The number of pyridine rings is 1. The molecule has 0 unspecified atom stereocenters. The summed E-state index contributed by atoms with van der Waals surface area (Å²) in [7, 11) is -3.89. The molecular weight excluding hydrogens is 311 g/mol. The van der Waals surface area contributed by atoms with Crippen molar-refractivity contribution in [2.75, 3.05) is 6.54 Å². The fourth-order valence-corrected chi connectivity index (χ4v) is 2.89. The van der Waals surface area contributed by atoms with Crippen molar-refractivity contribution >= 4 is 16.0 Å². The number of carbonyl (C=O) groups is 1. The molecule has 0 fully saturated rings. The highest BCUT2D eigenvalue weighted by Crippen LogP contribution is 2.11. The van der Waals surface area contributed by atoms with Crippen LogP contribution in [0.4, 0.5) is 4.39 Å². The Bertz CT molecular complexity index is 793. The van der Waals surface area contributed by atoms with Gasteiger partial charge >= 0.3 is 5.97 Å². The van der Waals surface area contributed by atoms with Gasteiger partial charge in [-0.05, 0) is 24.1 Å². The number of hydrogen-bond acceptors (Lipinski definition) is 4. The van der Waals surface area contributed by atoms with Crippen LogP contribution in [0, 0.1) is 5.82 Å². The zero-order valence-corrected chi connectivity index (χ0v) is 12.2. The molecule has 0 saturated carbocycles. The molecule has 0 aliphatic rings. The van der Waals surface area contributed by atoms with Crippen molar-refractivity contribution in [3.63, 3.8) is 0 Å². The zero-order chi connectivity index (χ0) is 16.2. The van der Waals surface area contributed by atoms with Crippen LogP contribution in [0.1, 0.15) is 15.9 Å². The molecule has 0 bridgehead atoms. The monoisotopic (exact) mass is 324 g/mol. The van der Waals surface area contributed by atoms with Crippen LogP contribution in [0.15, 0.2) is 47.6 Å². The number of nitrogens with zero attached hydrogens (tertiary/aromatic N) is 1. The Hall–Kier alpha value is -2.32. The third-order valence-electron chi connectivity index (χ3n) is 2.92. The lowest BCUT2D eigenvalue weighted by atomic mass is 10.1. The first-order valence-corrected chi connectivity index (χ1v) is 7.80. The highest BCUT2D eigenvalue weighted by atomic mass is 32.2. The molecule has 0 atom stereocenters. The van der Waals surface area contributed by atoms with E-state index in [0.717, 1.165) is 18.5 Å². The predicted molar refractivity (Wildman–Crippen MR) is 76.5 cm³/mol. The van der Waals surface area contributed by atoms with Gasteiger partial charge in [0.1, 0.15) is 10.7 Å². The lowest BCUT2D eigenvalue weighted by Crippen LogP contribution is -2.26. The van der Waals surface area contributed by atoms with E-state index in [1.54, 1.807) is 18.2 Å². The van der Waals surface area contributed by atoms with Crippen molar-refractivity contribution in [2.24, 2.45) is 0 Å². The lowest BCUT2D eigenvalue weighted by molar-refractivity contribution is 0.0695. The van der Waals surface area contributed by atoms with Gasteiger partial charge in [0.05, 0.1) is 11.8 Å². The summed E-state index contributed by atoms with van der Waals surface area (Å²) < 4.78 is 39.2. The summed E-state index contributed by atoms with van der Waals surface area (Å²) in [5.74, 6) is -1.83. The zero-order valence-electron chi connectivity index (χ0n) is 11.4. The average Bonchev–Trinajstić information content (AvgIpc) is 2.47. The van der Waals surface area contributed by atoms with Crippen LogP contribution in [0.2, 0.25) is 0 Å². The van der Waals surface area contributed by atoms with E-state index in [9.17, 15) is 17.6 Å². The molecule has 1 aromatic carbocycles. The molecule has 116 valence electrons. The smallest absolute Gasteiger partial charge is 0.335 e. The molecular formula is C14H13FN2O4S. The van der Waals surface area contributed by atoms with Crippen LogP contribution in [-0.2, 0) is 16.4 Å². The van der Waals surface area contributed by atoms with E-state index in [2.05, 4.69) is 9.71 Å². The number of carboxylic acid groups (broad SMARTS) is 1. The standard InChI is InChI=1S/C14H13FN2O4S/c15-11-7-12(9-16-8-11)22(20,21)17-6-5-10-3-1-2-4-13(10)14(18)19/h1-4,7-9,17H,5-6H2,(H,18,19). The number of rotatable bonds is 6. The molecule has 0 spiro atoms. The van der Waals surface area contributed by atoms with Crippen LogP contribution in [0.5, 0.6) is 0 Å². The maximum atomic E-state index is 13.0. The topological polar surface area (TPSA) is 96.4 Å². The second-order valence-electron chi connectivity index (χ2n) is 4.45. The van der Waals surface area contributed by atoms with Crippen LogP contribution in [-0.4, -0.2) is 31.0 Å². The highest BCUT2D eigenvalue weighted by Gasteiger charge is 2.15. The van der Waals surface area contributed by atoms with Gasteiger partial charge in [-0.3, -0.25) is 4.98 Å². The maximum Gasteiger partial charge on any atom is 0.335 e. The first kappa shape index (κ1) is 16.1. The quantitative estimate of drug-likeness (QED) is 0.838. The first-order chi connectivity index (χ1) is 10.4. The summed E-state index contributed by atoms with van der Waals surface area (Å²) in [4.78, 5) is 14.3. The average molecular weight is 324 g/mol. The van der Waals surface area contributed by atoms with E-state index in [-0.39, 0.29) is 23.4 Å². The molecule has 6 nitrogen and oxygen atoms in total. The van der Waals surface area contributed by atoms with E-state index in [4.69, 9.17) is 5.11 Å². The molecule has 0 radical (unpaired) electrons. The number of aromatic nitrogens is 1. The molecule has 1 heterocycles. The van der Waals surface area contributed by atoms with Gasteiger partial charge in [-0.1, -0.05) is 18.2 Å². The molecule has 0 saturated heterocycles. The van der Waals surface area contributed by atoms with Gasteiger partial charge in [-0.25, -0.2) is 22.3 Å². The van der Waals surface area contributed by atoms with Crippen LogP contribution < -0.4 is 4.72 Å². The van der Waals surface area contributed by atoms with Gasteiger partial charge < -0.3 is 5.11 Å². The van der Waals surface area contributed by atoms with E-state index >= 15 is 0 Å². The van der Waals surface area contributed by atoms with E-state index in [1.165, 1.54) is 6.07 Å². The number of hydrogen-bond donors (Lipinski definition) is 2. The van der Waals surface area contributed by atoms with Crippen molar-refractivity contribution in [1.29, 1.82) is 0 Å². The molecule has 22 heavy (non-hydrogen) atoms. The van der Waals surface area contributed by atoms with Crippen molar-refractivity contribution < 1.29 is 22.7 Å². The van der Waals surface area contributed by atoms with Gasteiger partial charge in [0.25, 0.3) is 0 Å². The van der Waals surface area contributed by atoms with Crippen LogP contribution in [0.25, 0.3) is 0 Å². The number of halogens is 1. The van der Waals surface area contributed by atoms with Crippen molar-refractivity contribution in [2.45, 2.75) is 11.3 Å². The number of nitrogens with one attached hydrogen (secondary N) is 1. The van der Waals surface area contributed by atoms with E-state index in [1.807, 2.05) is 0 Å². The summed E-state index contributed by atoms with van der Waals surface area (Å²) in [6.45, 7) is -0.0108. The van der Waals surface area contributed by atoms with E-state index in [0.29, 0.717) is 5.56 Å². The van der Waals surface area contributed by atoms with Gasteiger partial charge in [0.15, 0.2) is 0 Å². The van der Waals surface area contributed by atoms with Crippen LogP contribution in [0.3, 0.4) is 0 Å². The van der Waals surface area contributed by atoms with Gasteiger partial charge in [-0.2, -0.15) is 0 Å². The second-order valence-corrected chi connectivity index (χ2v) is 6.22. The molecule has 0 aliphatic heterocycles. The second kappa shape index (κ2) is 6.63. The minimum Gasteiger partial charge on any atom is -0.478 e. The number of aromatic carboxylic acids is 1. The molecule has 2 N–H and O–H groups in total. The van der Waals surface area contributed by atoms with Crippen LogP contribution >= 0.6 is 0 Å². The Morgan fingerprint density at radius 3 is 2.68 bits per heavy atom. The molecule has 0 aliphatic carbocycles. The summed E-state index contributed by atoms with van der Waals surface area (Å²) in [5, 5.41) is 9.04. The highest BCUT2D eigenvalue weighted by molar-refractivity contribution is 7.89. The van der Waals surface area contributed by atoms with Crippen molar-refractivity contribution in [3.8, 4) is 0 Å². The molecule has 8 heteroatoms. The minimum absolute atomic E-state index is 0.0108. The Morgan fingerprint density at radius 2 is 2.00 bits per heavy atom. The summed E-state index contributed by atoms with van der Waals surface area (Å²) >= 11 is 0. The SMILES string of the molecule is O=C(O)c1ccccc1CCNS(=O)(=O)c1cncc(F)c1. The number of sulfonamides is 1. The Kier molecular flexibility index (Phi) is 4.84. The maximum absolute atomic E-state index is 13.0. The molecule has 2 aromatic rings. The largest absolute Gasteiger partial charge is 0.478 e. The fraction of sp³-hybridized carbons (Fsp3) is 0.143. The van der Waals surface area contributed by atoms with Gasteiger partial charge in [0, 0.05) is 12.7 Å². The molecule has 1 aromatic heterocycles. The predicted octanol–water partition coefficient (Wildman–Crippen LogP) is 1.44. The van der Waals surface area contributed by atoms with Gasteiger partial charge in [-0.15, -0.1) is 0 Å². The minimum atomic E-state index is -3.89. The third-order valence-corrected chi connectivity index (χ3v) is 4.35. The summed E-state index contributed by atoms with van der Waals surface area (Å²) in [5.41, 5.74) is 0.629. The van der Waals surface area contributed by atoms with E-state index < -0.39 is 21.8 Å². The first-order valence-electron chi connectivity index (χ1n) is 6.31. The Labute approximate surface area is 126 Å². The Morgan fingerprint density at radius 1 is 1.27 bits per heavy atom. The summed E-state index contributed by atoms with van der Waals surface area (Å²) in [6.07, 6.45) is 2.14. The van der Waals surface area contributed by atoms with Gasteiger partial charge in [0.2, 0.25) is 10.0 Å². The number of carboxylic acids is 1. The lowest BCUT2D eigenvalue weighted by Gasteiger charge is -2.08. The normalized spacial score (nSPS) is 11.3.